The van der Waals surface area contributed by atoms with Crippen LogP contribution in [0.25, 0.3) is 0 Å². The van der Waals surface area contributed by atoms with Gasteiger partial charge in [0.05, 0.1) is 50.0 Å². The number of carbonyl (C=O) groups excluding carboxylic acids is 3. The monoisotopic (exact) mass is 450 g/mol. The number of methoxy groups -OCH3 is 3. The van der Waals surface area contributed by atoms with Crippen molar-refractivity contribution in [1.29, 1.82) is 0 Å². The fourth-order valence-electron chi connectivity index (χ4n) is 2.63. The van der Waals surface area contributed by atoms with Crippen LogP contribution in [0.3, 0.4) is 0 Å². The molecule has 0 aliphatic rings. The number of carbonyl (C=O) groups is 3. The predicted octanol–water partition coefficient (Wildman–Crippen LogP) is 1.92. The Morgan fingerprint density at radius 3 is 1.90 bits per heavy atom. The highest BCUT2D eigenvalue weighted by Crippen LogP contribution is 2.27. The van der Waals surface area contributed by atoms with Crippen molar-refractivity contribution in [3.63, 3.8) is 0 Å². The molecule has 166 valence electrons. The molecule has 0 bridgehead atoms. The second kappa shape index (κ2) is 9.47. The van der Waals surface area contributed by atoms with E-state index >= 15 is 0 Å². The number of rotatable bonds is 7. The maximum Gasteiger partial charge on any atom is 0.337 e. The van der Waals surface area contributed by atoms with Crippen LogP contribution >= 0.6 is 0 Å². The number of benzene rings is 2. The van der Waals surface area contributed by atoms with E-state index in [0.29, 0.717) is 0 Å². The molecular weight excluding hydrogens is 428 g/mol. The Balaban J connectivity index is 2.49. The van der Waals surface area contributed by atoms with Gasteiger partial charge in [0.1, 0.15) is 5.75 Å². The maximum atomic E-state index is 12.9. The first-order chi connectivity index (χ1) is 14.5. The second-order valence-corrected chi connectivity index (χ2v) is 8.37. The number of anilines is 2. The molecule has 1 amide bonds. The molecule has 1 N–H and O–H groups in total. The minimum absolute atomic E-state index is 0.0261. The lowest BCUT2D eigenvalue weighted by atomic mass is 10.1. The van der Waals surface area contributed by atoms with Gasteiger partial charge in [0, 0.05) is 12.7 Å². The molecule has 2 aromatic carbocycles. The molecule has 11 heteroatoms. The molecule has 31 heavy (non-hydrogen) atoms. The Morgan fingerprint density at radius 1 is 0.903 bits per heavy atom. The fourth-order valence-corrected chi connectivity index (χ4v) is 3.13. The molecule has 10 nitrogen and oxygen atoms in total. The van der Waals surface area contributed by atoms with Crippen LogP contribution in [0, 0.1) is 0 Å². The van der Waals surface area contributed by atoms with Crippen molar-refractivity contribution in [3.8, 4) is 5.75 Å². The Kier molecular flexibility index (Phi) is 7.24. The van der Waals surface area contributed by atoms with Gasteiger partial charge in [-0.25, -0.2) is 18.0 Å². The Morgan fingerprint density at radius 2 is 1.45 bits per heavy atom. The van der Waals surface area contributed by atoms with Crippen LogP contribution in [0.1, 0.15) is 31.1 Å². The summed E-state index contributed by atoms with van der Waals surface area (Å²) in [5.41, 5.74) is 0.458. The van der Waals surface area contributed by atoms with Crippen LogP contribution < -0.4 is 14.4 Å². The maximum absolute atomic E-state index is 12.9. The van der Waals surface area contributed by atoms with Gasteiger partial charge in [-0.2, -0.15) is 0 Å². The zero-order valence-electron chi connectivity index (χ0n) is 17.6. The van der Waals surface area contributed by atoms with Gasteiger partial charge in [0.2, 0.25) is 10.0 Å². The van der Waals surface area contributed by atoms with E-state index in [1.165, 1.54) is 64.8 Å². The van der Waals surface area contributed by atoms with Gasteiger partial charge in [-0.1, -0.05) is 0 Å². The topological polar surface area (TPSA) is 128 Å². The van der Waals surface area contributed by atoms with Gasteiger partial charge in [-0.05, 0) is 36.4 Å². The third-order valence-corrected chi connectivity index (χ3v) is 5.53. The van der Waals surface area contributed by atoms with Gasteiger partial charge in [-0.15, -0.1) is 0 Å². The third-order valence-electron chi connectivity index (χ3n) is 4.32. The van der Waals surface area contributed by atoms with Crippen LogP contribution in [0.2, 0.25) is 0 Å². The summed E-state index contributed by atoms with van der Waals surface area (Å²) in [6.45, 7) is 0. The van der Waals surface area contributed by atoms with Crippen LogP contribution in [0.5, 0.6) is 5.75 Å². The lowest BCUT2D eigenvalue weighted by Gasteiger charge is -2.19. The van der Waals surface area contributed by atoms with Gasteiger partial charge in [0.15, 0.2) is 0 Å². The van der Waals surface area contributed by atoms with Gasteiger partial charge in [-0.3, -0.25) is 9.10 Å². The summed E-state index contributed by atoms with van der Waals surface area (Å²) in [4.78, 5) is 36.8. The van der Waals surface area contributed by atoms with Crippen LogP contribution in [-0.4, -0.2) is 60.9 Å². The molecule has 2 aromatic rings. The average molecular weight is 450 g/mol. The minimum atomic E-state index is -3.55. The molecule has 0 radical (unpaired) electrons. The third kappa shape index (κ3) is 5.51. The van der Waals surface area contributed by atoms with Crippen molar-refractivity contribution >= 4 is 39.2 Å². The number of hydrogen-bond acceptors (Lipinski definition) is 8. The standard InChI is InChI=1S/C20H22N2O8S/c1-22(31(5,26)27)15-6-7-17(28-2)16(11-15)18(23)21-14-9-12(19(24)29-3)8-13(10-14)20(25)30-4/h6-11H,1-5H3,(H,21,23). The lowest BCUT2D eigenvalue weighted by molar-refractivity contribution is 0.0598. The van der Waals surface area contributed by atoms with E-state index < -0.39 is 27.9 Å². The molecule has 0 saturated heterocycles. The number of sulfonamides is 1. The van der Waals surface area contributed by atoms with Crippen LogP contribution in [0.4, 0.5) is 11.4 Å². The molecule has 0 fully saturated rings. The van der Waals surface area contributed by atoms with E-state index in [2.05, 4.69) is 14.8 Å². The summed E-state index contributed by atoms with van der Waals surface area (Å²) < 4.78 is 39.2. The number of nitrogens with one attached hydrogen (secondary N) is 1. The summed E-state index contributed by atoms with van der Waals surface area (Å²) in [5.74, 6) is -1.88. The highest BCUT2D eigenvalue weighted by Gasteiger charge is 2.20. The fraction of sp³-hybridized carbons (Fsp3) is 0.250. The second-order valence-electron chi connectivity index (χ2n) is 6.35. The Hall–Kier alpha value is -3.60. The Bertz CT molecular complexity index is 1090. The molecule has 2 rings (SSSR count). The van der Waals surface area contributed by atoms with Crippen molar-refractivity contribution in [3.05, 3.63) is 53.1 Å². The van der Waals surface area contributed by atoms with Gasteiger partial charge >= 0.3 is 11.9 Å². The highest BCUT2D eigenvalue weighted by atomic mass is 32.2. The normalized spacial score (nSPS) is 10.7. The van der Waals surface area contributed by atoms with Crippen molar-refractivity contribution in [1.82, 2.24) is 0 Å². The first-order valence-electron chi connectivity index (χ1n) is 8.76. The molecule has 0 aliphatic carbocycles. The zero-order chi connectivity index (χ0) is 23.3. The van der Waals surface area contributed by atoms with Crippen LogP contribution in [0.15, 0.2) is 36.4 Å². The van der Waals surface area contributed by atoms with Gasteiger partial charge < -0.3 is 19.5 Å². The number of hydrogen-bond donors (Lipinski definition) is 1. The number of amides is 1. The SMILES string of the molecule is COC(=O)c1cc(NC(=O)c2cc(N(C)S(C)(=O)=O)ccc2OC)cc(C(=O)OC)c1. The van der Waals surface area contributed by atoms with Crippen molar-refractivity contribution < 1.29 is 37.0 Å². The van der Waals surface area contributed by atoms with E-state index in [4.69, 9.17) is 4.74 Å². The minimum Gasteiger partial charge on any atom is -0.496 e. The molecular formula is C20H22N2O8S. The summed E-state index contributed by atoms with van der Waals surface area (Å²) in [6, 6.07) is 8.22. The quantitative estimate of drug-likeness (QED) is 0.634. The smallest absolute Gasteiger partial charge is 0.337 e. The summed E-state index contributed by atoms with van der Waals surface area (Å²) in [7, 11) is 1.52. The highest BCUT2D eigenvalue weighted by molar-refractivity contribution is 7.92. The average Bonchev–Trinajstić information content (AvgIpc) is 2.75. The van der Waals surface area contributed by atoms with Crippen molar-refractivity contribution in [2.75, 3.05) is 44.3 Å². The summed E-state index contributed by atoms with van der Waals surface area (Å²) in [5, 5.41) is 2.57. The van der Waals surface area contributed by atoms with E-state index in [-0.39, 0.29) is 33.8 Å². The molecule has 0 aliphatic heterocycles. The molecule has 0 heterocycles. The number of ether oxygens (including phenoxy) is 3. The lowest BCUT2D eigenvalue weighted by Crippen LogP contribution is -2.25. The van der Waals surface area contributed by atoms with Gasteiger partial charge in [0.25, 0.3) is 5.91 Å². The first kappa shape index (κ1) is 23.7. The molecule has 0 saturated carbocycles. The predicted molar refractivity (Wildman–Crippen MR) is 113 cm³/mol. The van der Waals surface area contributed by atoms with E-state index in [1.54, 1.807) is 0 Å². The zero-order valence-corrected chi connectivity index (χ0v) is 18.4. The Labute approximate surface area is 179 Å². The molecule has 0 spiro atoms. The van der Waals surface area contributed by atoms with Crippen LogP contribution in [-0.2, 0) is 19.5 Å². The number of esters is 2. The van der Waals surface area contributed by atoms with E-state index in [1.807, 2.05) is 0 Å². The largest absolute Gasteiger partial charge is 0.496 e. The van der Waals surface area contributed by atoms with E-state index in [0.717, 1.165) is 10.6 Å². The van der Waals surface area contributed by atoms with Crippen molar-refractivity contribution in [2.24, 2.45) is 0 Å². The summed E-state index contributed by atoms with van der Waals surface area (Å²) >= 11 is 0. The van der Waals surface area contributed by atoms with Crippen molar-refractivity contribution in [2.45, 2.75) is 0 Å². The molecule has 0 unspecified atom stereocenters. The first-order valence-corrected chi connectivity index (χ1v) is 10.6. The molecule has 0 aromatic heterocycles. The summed E-state index contributed by atoms with van der Waals surface area (Å²) in [6.07, 6.45) is 1.03. The number of nitrogens with zero attached hydrogens (tertiary/aromatic N) is 1. The molecule has 0 atom stereocenters. The van der Waals surface area contributed by atoms with E-state index in [9.17, 15) is 22.8 Å².